The van der Waals surface area contributed by atoms with Crippen molar-refractivity contribution < 1.29 is 39.2 Å². The van der Waals surface area contributed by atoms with Crippen molar-refractivity contribution in [1.29, 1.82) is 0 Å². The van der Waals surface area contributed by atoms with E-state index in [1.54, 1.807) is 43.3 Å². The van der Waals surface area contributed by atoms with Gasteiger partial charge in [-0.25, -0.2) is 4.79 Å². The SMILES string of the molecule is CCCCCCCCCCCC(=O)O[C@@]12C[C@@H](C)[C@]34C=C(C)[C@H](OC(=O)c5ccc(Br)cc5)[C@@]3(O)[C@H](O)C(CO)=C[C@H](C4=O)[C@@H]1C2(C)C. The molecule has 8 atom stereocenters. The summed E-state index contributed by atoms with van der Waals surface area (Å²) in [6, 6.07) is 6.56. The van der Waals surface area contributed by atoms with Crippen LogP contribution in [-0.2, 0) is 19.1 Å². The van der Waals surface area contributed by atoms with E-state index in [0.29, 0.717) is 12.0 Å². The molecule has 0 unspecified atom stereocenters. The van der Waals surface area contributed by atoms with Crippen LogP contribution in [0.2, 0.25) is 0 Å². The molecule has 9 heteroatoms. The number of fused-ring (bicyclic) bond motifs is 3. The number of rotatable bonds is 14. The molecule has 1 aromatic rings. The zero-order chi connectivity index (χ0) is 35.1. The van der Waals surface area contributed by atoms with Crippen molar-refractivity contribution in [2.75, 3.05) is 6.61 Å². The lowest BCUT2D eigenvalue weighted by Crippen LogP contribution is -2.66. The van der Waals surface area contributed by atoms with Crippen molar-refractivity contribution in [3.05, 3.63) is 57.6 Å². The molecule has 2 fully saturated rings. The second-order valence-electron chi connectivity index (χ2n) is 15.3. The number of Topliss-reactive ketones (excluding diaryl/α,β-unsaturated/α-hetero) is 1. The molecule has 8 nitrogen and oxygen atoms in total. The molecule has 2 bridgehead atoms. The number of hydrogen-bond donors (Lipinski definition) is 3. The summed E-state index contributed by atoms with van der Waals surface area (Å²) in [5.74, 6) is -3.21. The number of hydrogen-bond acceptors (Lipinski definition) is 8. The number of benzene rings is 1. The Kier molecular flexibility index (Phi) is 10.9. The summed E-state index contributed by atoms with van der Waals surface area (Å²) in [6.07, 6.45) is 11.0. The van der Waals surface area contributed by atoms with Crippen LogP contribution in [0.3, 0.4) is 0 Å². The minimum absolute atomic E-state index is 0.0808. The van der Waals surface area contributed by atoms with Crippen molar-refractivity contribution in [2.24, 2.45) is 28.6 Å². The Morgan fingerprint density at radius 3 is 2.21 bits per heavy atom. The van der Waals surface area contributed by atoms with Crippen molar-refractivity contribution in [1.82, 2.24) is 0 Å². The van der Waals surface area contributed by atoms with Crippen LogP contribution in [-0.4, -0.2) is 63.1 Å². The predicted molar refractivity (Wildman–Crippen MR) is 186 cm³/mol. The smallest absolute Gasteiger partial charge is 0.338 e. The summed E-state index contributed by atoms with van der Waals surface area (Å²) in [6.45, 7) is 9.13. The normalized spacial score (nSPS) is 34.6. The zero-order valence-electron chi connectivity index (χ0n) is 29.1. The highest BCUT2D eigenvalue weighted by Crippen LogP contribution is 2.75. The van der Waals surface area contributed by atoms with Crippen molar-refractivity contribution in [2.45, 2.75) is 129 Å². The second-order valence-corrected chi connectivity index (χ2v) is 16.2. The molecule has 0 radical (unpaired) electrons. The number of aliphatic hydroxyl groups excluding tert-OH is 2. The highest BCUT2D eigenvalue weighted by atomic mass is 79.9. The lowest BCUT2D eigenvalue weighted by atomic mass is 9.59. The molecule has 0 aromatic heterocycles. The third kappa shape index (κ3) is 5.94. The first-order chi connectivity index (χ1) is 22.7. The summed E-state index contributed by atoms with van der Waals surface area (Å²) in [5.41, 5.74) is -4.74. The fraction of sp³-hybridized carbons (Fsp3) is 0.667. The van der Waals surface area contributed by atoms with E-state index in [9.17, 15) is 29.7 Å². The van der Waals surface area contributed by atoms with Gasteiger partial charge in [0, 0.05) is 28.1 Å². The molecule has 0 heterocycles. The van der Waals surface area contributed by atoms with Gasteiger partial charge in [0.1, 0.15) is 11.7 Å². The van der Waals surface area contributed by atoms with Crippen LogP contribution < -0.4 is 0 Å². The average molecular weight is 730 g/mol. The maximum absolute atomic E-state index is 14.9. The first-order valence-corrected chi connectivity index (χ1v) is 18.7. The minimum atomic E-state index is -2.30. The molecule has 5 rings (SSSR count). The van der Waals surface area contributed by atoms with Gasteiger partial charge in [0.15, 0.2) is 17.5 Å². The molecule has 1 aromatic carbocycles. The number of carbonyl (C=O) groups is 3. The van der Waals surface area contributed by atoms with Crippen molar-refractivity contribution >= 4 is 33.7 Å². The Balaban J connectivity index is 1.40. The monoisotopic (exact) mass is 728 g/mol. The van der Waals surface area contributed by atoms with Crippen LogP contribution in [0.1, 0.15) is 116 Å². The molecule has 2 saturated carbocycles. The summed E-state index contributed by atoms with van der Waals surface area (Å²) in [5, 5.41) is 35.1. The van der Waals surface area contributed by atoms with Crippen LogP contribution in [0.15, 0.2) is 52.0 Å². The van der Waals surface area contributed by atoms with Gasteiger partial charge >= 0.3 is 11.9 Å². The van der Waals surface area contributed by atoms with Gasteiger partial charge in [0.25, 0.3) is 0 Å². The topological polar surface area (TPSA) is 130 Å². The van der Waals surface area contributed by atoms with E-state index in [-0.39, 0.29) is 29.3 Å². The Morgan fingerprint density at radius 2 is 1.60 bits per heavy atom. The van der Waals surface area contributed by atoms with Gasteiger partial charge < -0.3 is 24.8 Å². The van der Waals surface area contributed by atoms with E-state index in [2.05, 4.69) is 22.9 Å². The quantitative estimate of drug-likeness (QED) is 0.106. The zero-order valence-corrected chi connectivity index (χ0v) is 30.7. The third-order valence-corrected chi connectivity index (χ3v) is 12.6. The summed E-state index contributed by atoms with van der Waals surface area (Å²) in [7, 11) is 0. The first-order valence-electron chi connectivity index (χ1n) is 17.9. The second kappa shape index (κ2) is 14.1. The maximum atomic E-state index is 14.9. The average Bonchev–Trinajstić information content (AvgIpc) is 3.44. The first kappa shape index (κ1) is 36.9. The van der Waals surface area contributed by atoms with E-state index < -0.39 is 64.6 Å². The number of ketones is 1. The summed E-state index contributed by atoms with van der Waals surface area (Å²) >= 11 is 3.36. The van der Waals surface area contributed by atoms with Crippen LogP contribution in [0.4, 0.5) is 0 Å². The Hall–Kier alpha value is -2.33. The largest absolute Gasteiger partial charge is 0.458 e. The lowest BCUT2D eigenvalue weighted by Gasteiger charge is -2.49. The van der Waals surface area contributed by atoms with E-state index in [0.717, 1.165) is 23.7 Å². The van der Waals surface area contributed by atoms with Gasteiger partial charge in [0.2, 0.25) is 0 Å². The van der Waals surface area contributed by atoms with Gasteiger partial charge in [0.05, 0.1) is 17.6 Å². The maximum Gasteiger partial charge on any atom is 0.338 e. The number of ether oxygens (including phenoxy) is 2. The van der Waals surface area contributed by atoms with Gasteiger partial charge in [-0.15, -0.1) is 0 Å². The molecule has 48 heavy (non-hydrogen) atoms. The summed E-state index contributed by atoms with van der Waals surface area (Å²) < 4.78 is 13.1. The number of esters is 2. The Morgan fingerprint density at radius 1 is 1.00 bits per heavy atom. The number of carbonyl (C=O) groups excluding carboxylic acids is 3. The third-order valence-electron chi connectivity index (χ3n) is 12.1. The van der Waals surface area contributed by atoms with Crippen LogP contribution in [0.25, 0.3) is 0 Å². The lowest BCUT2D eigenvalue weighted by molar-refractivity contribution is -0.192. The minimum Gasteiger partial charge on any atom is -0.458 e. The molecular weight excluding hydrogens is 676 g/mol. The fourth-order valence-electron chi connectivity index (χ4n) is 9.49. The molecule has 0 aliphatic heterocycles. The Bertz CT molecular complexity index is 1450. The highest BCUT2D eigenvalue weighted by molar-refractivity contribution is 9.10. The molecule has 1 spiro atoms. The van der Waals surface area contributed by atoms with E-state index in [1.165, 1.54) is 38.5 Å². The Labute approximate surface area is 293 Å². The summed E-state index contributed by atoms with van der Waals surface area (Å²) in [4.78, 5) is 41.7. The predicted octanol–water partition coefficient (Wildman–Crippen LogP) is 7.03. The molecule has 4 aliphatic carbocycles. The number of aliphatic hydroxyl groups is 3. The highest BCUT2D eigenvalue weighted by Gasteiger charge is 2.83. The number of unbranched alkanes of at least 4 members (excludes halogenated alkanes) is 8. The van der Waals surface area contributed by atoms with Crippen LogP contribution >= 0.6 is 15.9 Å². The van der Waals surface area contributed by atoms with Crippen LogP contribution in [0.5, 0.6) is 0 Å². The molecule has 264 valence electrons. The molecule has 3 N–H and O–H groups in total. The van der Waals surface area contributed by atoms with E-state index in [1.807, 2.05) is 20.8 Å². The molecule has 4 aliphatic rings. The van der Waals surface area contributed by atoms with Crippen molar-refractivity contribution in [3.63, 3.8) is 0 Å². The fourth-order valence-corrected chi connectivity index (χ4v) is 9.75. The van der Waals surface area contributed by atoms with Crippen LogP contribution in [0, 0.1) is 28.6 Å². The van der Waals surface area contributed by atoms with Crippen molar-refractivity contribution in [3.8, 4) is 0 Å². The number of allylic oxidation sites excluding steroid dienone is 1. The molecule has 0 saturated heterocycles. The van der Waals surface area contributed by atoms with Gasteiger partial charge in [-0.05, 0) is 61.1 Å². The van der Waals surface area contributed by atoms with E-state index in [4.69, 9.17) is 9.47 Å². The molecule has 0 amide bonds. The number of halogens is 1. The standard InChI is InChI=1S/C39H53BrO8/c1-6-7-8-9-10-11-12-13-14-15-30(42)48-38-22-25(3)37-21-24(2)34(47-35(45)26-16-18-28(40)19-17-26)39(37,46)32(43)27(23-41)20-29(33(37)44)31(38)36(38,4)5/h16-21,25,29,31-32,34,41,43,46H,6-15,22-23H2,1-5H3/t25-,29+,31-,32-,34+,37+,38+,39+/m1/s1. The van der Waals surface area contributed by atoms with Gasteiger partial charge in [-0.1, -0.05) is 107 Å². The van der Waals surface area contributed by atoms with Gasteiger partial charge in [-0.2, -0.15) is 0 Å². The van der Waals surface area contributed by atoms with Gasteiger partial charge in [-0.3, -0.25) is 9.59 Å². The van der Waals surface area contributed by atoms with E-state index >= 15 is 0 Å². The molecular formula is C39H53BrO8.